The Morgan fingerprint density at radius 1 is 1.42 bits per heavy atom. The molecule has 0 aromatic carbocycles. The highest BCUT2D eigenvalue weighted by Gasteiger charge is 2.32. The van der Waals surface area contributed by atoms with E-state index in [1.165, 1.54) is 19.3 Å². The summed E-state index contributed by atoms with van der Waals surface area (Å²) in [5, 5.41) is 3.50. The number of morpholine rings is 1. The van der Waals surface area contributed by atoms with Crippen LogP contribution in [0.1, 0.15) is 19.3 Å². The summed E-state index contributed by atoms with van der Waals surface area (Å²) < 4.78 is 5.67. The van der Waals surface area contributed by atoms with Gasteiger partial charge in [-0.05, 0) is 31.7 Å². The van der Waals surface area contributed by atoms with E-state index in [1.54, 1.807) is 0 Å². The zero-order valence-electron chi connectivity index (χ0n) is 7.46. The number of hydrogen-bond acceptors (Lipinski definition) is 3. The van der Waals surface area contributed by atoms with Crippen molar-refractivity contribution in [3.05, 3.63) is 0 Å². The first-order chi connectivity index (χ1) is 5.90. The molecule has 0 aromatic rings. The fourth-order valence-corrected chi connectivity index (χ4v) is 2.31. The molecule has 0 spiro atoms. The van der Waals surface area contributed by atoms with Gasteiger partial charge in [0.15, 0.2) is 0 Å². The van der Waals surface area contributed by atoms with Gasteiger partial charge in [-0.2, -0.15) is 0 Å². The van der Waals surface area contributed by atoms with E-state index >= 15 is 0 Å². The van der Waals surface area contributed by atoms with Crippen molar-refractivity contribution >= 4 is 0 Å². The lowest BCUT2D eigenvalue weighted by Gasteiger charge is -2.39. The molecule has 2 fully saturated rings. The number of hydrogen-bond donors (Lipinski definition) is 2. The van der Waals surface area contributed by atoms with Crippen molar-refractivity contribution in [1.82, 2.24) is 5.32 Å². The van der Waals surface area contributed by atoms with Crippen LogP contribution in [0.5, 0.6) is 0 Å². The smallest absolute Gasteiger partial charge is 0.0728 e. The summed E-state index contributed by atoms with van der Waals surface area (Å²) in [6.45, 7) is 2.73. The fraction of sp³-hybridized carbons (Fsp3) is 1.00. The molecule has 3 nitrogen and oxygen atoms in total. The number of rotatable bonds is 1. The molecule has 1 heterocycles. The van der Waals surface area contributed by atoms with Crippen molar-refractivity contribution in [3.8, 4) is 0 Å². The fourth-order valence-electron chi connectivity index (χ4n) is 2.31. The SMILES string of the molecule is NCC1CCC2OCCNC2C1. The van der Waals surface area contributed by atoms with Gasteiger partial charge in [-0.25, -0.2) is 0 Å². The third-order valence-corrected chi connectivity index (χ3v) is 3.07. The van der Waals surface area contributed by atoms with Crippen LogP contribution >= 0.6 is 0 Å². The Kier molecular flexibility index (Phi) is 2.63. The number of nitrogens with two attached hydrogens (primary N) is 1. The van der Waals surface area contributed by atoms with Crippen molar-refractivity contribution in [2.24, 2.45) is 11.7 Å². The molecule has 70 valence electrons. The van der Waals surface area contributed by atoms with Gasteiger partial charge in [0, 0.05) is 12.6 Å². The maximum absolute atomic E-state index is 5.67. The molecular weight excluding hydrogens is 152 g/mol. The maximum Gasteiger partial charge on any atom is 0.0728 e. The van der Waals surface area contributed by atoms with Crippen molar-refractivity contribution in [2.45, 2.75) is 31.4 Å². The van der Waals surface area contributed by atoms with Crippen molar-refractivity contribution in [2.75, 3.05) is 19.7 Å². The Morgan fingerprint density at radius 3 is 3.17 bits per heavy atom. The maximum atomic E-state index is 5.67. The molecule has 0 bridgehead atoms. The average Bonchev–Trinajstić information content (AvgIpc) is 2.17. The first-order valence-electron chi connectivity index (χ1n) is 4.95. The van der Waals surface area contributed by atoms with Gasteiger partial charge in [0.2, 0.25) is 0 Å². The van der Waals surface area contributed by atoms with E-state index in [9.17, 15) is 0 Å². The summed E-state index contributed by atoms with van der Waals surface area (Å²) >= 11 is 0. The quantitative estimate of drug-likeness (QED) is 0.587. The minimum absolute atomic E-state index is 0.474. The third kappa shape index (κ3) is 1.63. The molecule has 12 heavy (non-hydrogen) atoms. The molecule has 2 rings (SSSR count). The standard InChI is InChI=1S/C9H18N2O/c10-6-7-1-2-9-8(5-7)11-3-4-12-9/h7-9,11H,1-6,10H2. The summed E-state index contributed by atoms with van der Waals surface area (Å²) in [5.74, 6) is 0.723. The van der Waals surface area contributed by atoms with E-state index in [0.717, 1.165) is 25.6 Å². The van der Waals surface area contributed by atoms with E-state index in [4.69, 9.17) is 10.5 Å². The van der Waals surface area contributed by atoms with E-state index < -0.39 is 0 Å². The Hall–Kier alpha value is -0.120. The zero-order valence-corrected chi connectivity index (χ0v) is 7.46. The van der Waals surface area contributed by atoms with Crippen LogP contribution in [0, 0.1) is 5.92 Å². The normalized spacial score (nSPS) is 42.2. The Bertz CT molecular complexity index is 151. The van der Waals surface area contributed by atoms with Crippen LogP contribution in [-0.4, -0.2) is 31.8 Å². The predicted octanol–water partition coefficient (Wildman–Crippen LogP) is 0.102. The van der Waals surface area contributed by atoms with Crippen molar-refractivity contribution < 1.29 is 4.74 Å². The molecular formula is C9H18N2O. The largest absolute Gasteiger partial charge is 0.375 e. The molecule has 1 aliphatic heterocycles. The predicted molar refractivity (Wildman–Crippen MR) is 47.9 cm³/mol. The van der Waals surface area contributed by atoms with E-state index in [0.29, 0.717) is 12.1 Å². The van der Waals surface area contributed by atoms with Crippen LogP contribution in [-0.2, 0) is 4.74 Å². The van der Waals surface area contributed by atoms with Crippen molar-refractivity contribution in [3.63, 3.8) is 0 Å². The molecule has 0 aromatic heterocycles. The Morgan fingerprint density at radius 2 is 2.33 bits per heavy atom. The highest BCUT2D eigenvalue weighted by Crippen LogP contribution is 2.27. The lowest BCUT2D eigenvalue weighted by Crippen LogP contribution is -2.52. The van der Waals surface area contributed by atoms with Gasteiger partial charge < -0.3 is 15.8 Å². The molecule has 0 amide bonds. The Balaban J connectivity index is 1.90. The molecule has 3 unspecified atom stereocenters. The van der Waals surface area contributed by atoms with Gasteiger partial charge >= 0.3 is 0 Å². The summed E-state index contributed by atoms with van der Waals surface area (Å²) in [7, 11) is 0. The summed E-state index contributed by atoms with van der Waals surface area (Å²) in [6, 6.07) is 0.584. The monoisotopic (exact) mass is 170 g/mol. The van der Waals surface area contributed by atoms with Gasteiger partial charge in [-0.3, -0.25) is 0 Å². The lowest BCUT2D eigenvalue weighted by atomic mass is 9.83. The highest BCUT2D eigenvalue weighted by atomic mass is 16.5. The molecule has 1 saturated heterocycles. The van der Waals surface area contributed by atoms with Gasteiger partial charge in [0.1, 0.15) is 0 Å². The van der Waals surface area contributed by atoms with E-state index in [-0.39, 0.29) is 0 Å². The molecule has 1 saturated carbocycles. The summed E-state index contributed by atoms with van der Waals surface area (Å²) in [4.78, 5) is 0. The molecule has 3 atom stereocenters. The number of ether oxygens (including phenoxy) is 1. The van der Waals surface area contributed by atoms with Crippen molar-refractivity contribution in [1.29, 1.82) is 0 Å². The lowest BCUT2D eigenvalue weighted by molar-refractivity contribution is -0.0332. The van der Waals surface area contributed by atoms with E-state index in [2.05, 4.69) is 5.32 Å². The molecule has 0 radical (unpaired) electrons. The van der Waals surface area contributed by atoms with Gasteiger partial charge in [-0.1, -0.05) is 0 Å². The summed E-state index contributed by atoms with van der Waals surface area (Å²) in [6.07, 6.45) is 4.13. The van der Waals surface area contributed by atoms with Crippen LogP contribution in [0.3, 0.4) is 0 Å². The summed E-state index contributed by atoms with van der Waals surface area (Å²) in [5.41, 5.74) is 5.66. The van der Waals surface area contributed by atoms with E-state index in [1.807, 2.05) is 0 Å². The molecule has 2 aliphatic rings. The third-order valence-electron chi connectivity index (χ3n) is 3.07. The topological polar surface area (TPSA) is 47.3 Å². The van der Waals surface area contributed by atoms with Gasteiger partial charge in [-0.15, -0.1) is 0 Å². The zero-order chi connectivity index (χ0) is 8.39. The minimum atomic E-state index is 0.474. The van der Waals surface area contributed by atoms with Gasteiger partial charge in [0.05, 0.1) is 12.7 Å². The van der Waals surface area contributed by atoms with Crippen LogP contribution in [0.25, 0.3) is 0 Å². The second-order valence-electron chi connectivity index (χ2n) is 3.88. The molecule has 3 heteroatoms. The number of fused-ring (bicyclic) bond motifs is 1. The average molecular weight is 170 g/mol. The Labute approximate surface area is 73.7 Å². The minimum Gasteiger partial charge on any atom is -0.375 e. The van der Waals surface area contributed by atoms with Crippen LogP contribution in [0.15, 0.2) is 0 Å². The molecule has 3 N–H and O–H groups in total. The molecule has 1 aliphatic carbocycles. The first-order valence-corrected chi connectivity index (χ1v) is 4.95. The second kappa shape index (κ2) is 3.73. The highest BCUT2D eigenvalue weighted by molar-refractivity contribution is 4.88. The van der Waals surface area contributed by atoms with Crippen LogP contribution < -0.4 is 11.1 Å². The van der Waals surface area contributed by atoms with Crippen LogP contribution in [0.4, 0.5) is 0 Å². The van der Waals surface area contributed by atoms with Crippen LogP contribution in [0.2, 0.25) is 0 Å². The first kappa shape index (κ1) is 8.48. The number of nitrogens with one attached hydrogen (secondary N) is 1. The van der Waals surface area contributed by atoms with Gasteiger partial charge in [0.25, 0.3) is 0 Å². The second-order valence-corrected chi connectivity index (χ2v) is 3.88.